The molecule has 1 aromatic rings. The first-order valence-corrected chi connectivity index (χ1v) is 4.88. The highest BCUT2D eigenvalue weighted by Gasteiger charge is 2.03. The van der Waals surface area contributed by atoms with Crippen LogP contribution in [0, 0.1) is 0 Å². The summed E-state index contributed by atoms with van der Waals surface area (Å²) in [5, 5.41) is 20.7. The Morgan fingerprint density at radius 2 is 2.40 bits per heavy atom. The first-order chi connectivity index (χ1) is 7.26. The van der Waals surface area contributed by atoms with E-state index >= 15 is 0 Å². The number of hydrogen-bond donors (Lipinski definition) is 3. The SMILES string of the molecule is CCNc1cc(OC[C@@H](O)CO)ccn1. The van der Waals surface area contributed by atoms with Gasteiger partial charge in [-0.3, -0.25) is 0 Å². The maximum absolute atomic E-state index is 9.09. The molecule has 0 saturated carbocycles. The second kappa shape index (κ2) is 6.21. The summed E-state index contributed by atoms with van der Waals surface area (Å²) in [6, 6.07) is 3.44. The number of nitrogens with one attached hydrogen (secondary N) is 1. The van der Waals surface area contributed by atoms with Gasteiger partial charge in [-0.05, 0) is 13.0 Å². The summed E-state index contributed by atoms with van der Waals surface area (Å²) >= 11 is 0. The molecule has 0 aliphatic heterocycles. The van der Waals surface area contributed by atoms with Crippen LogP contribution in [0.15, 0.2) is 18.3 Å². The van der Waals surface area contributed by atoms with Crippen molar-refractivity contribution in [2.45, 2.75) is 13.0 Å². The number of pyridine rings is 1. The van der Waals surface area contributed by atoms with Crippen molar-refractivity contribution in [1.29, 1.82) is 0 Å². The number of aliphatic hydroxyl groups excluding tert-OH is 2. The lowest BCUT2D eigenvalue weighted by molar-refractivity contribution is 0.0536. The van der Waals surface area contributed by atoms with Gasteiger partial charge >= 0.3 is 0 Å². The Morgan fingerprint density at radius 1 is 1.60 bits per heavy atom. The molecule has 1 rings (SSSR count). The van der Waals surface area contributed by atoms with E-state index in [4.69, 9.17) is 14.9 Å². The van der Waals surface area contributed by atoms with Crippen LogP contribution in [0.3, 0.4) is 0 Å². The van der Waals surface area contributed by atoms with Gasteiger partial charge in [-0.1, -0.05) is 0 Å². The van der Waals surface area contributed by atoms with Crippen LogP contribution < -0.4 is 10.1 Å². The smallest absolute Gasteiger partial charge is 0.129 e. The van der Waals surface area contributed by atoms with Crippen molar-refractivity contribution >= 4 is 5.82 Å². The number of ether oxygens (including phenoxy) is 1. The highest BCUT2D eigenvalue weighted by Crippen LogP contribution is 2.14. The number of aliphatic hydroxyl groups is 2. The van der Waals surface area contributed by atoms with E-state index in [0.717, 1.165) is 12.4 Å². The fourth-order valence-corrected chi connectivity index (χ4v) is 1.02. The topological polar surface area (TPSA) is 74.6 Å². The van der Waals surface area contributed by atoms with E-state index in [1.807, 2.05) is 6.92 Å². The Balaban J connectivity index is 2.50. The maximum Gasteiger partial charge on any atom is 0.129 e. The fourth-order valence-electron chi connectivity index (χ4n) is 1.02. The predicted molar refractivity (Wildman–Crippen MR) is 57.0 cm³/mol. The van der Waals surface area contributed by atoms with E-state index in [-0.39, 0.29) is 13.2 Å². The fraction of sp³-hybridized carbons (Fsp3) is 0.500. The molecule has 0 spiro atoms. The van der Waals surface area contributed by atoms with Gasteiger partial charge < -0.3 is 20.3 Å². The summed E-state index contributed by atoms with van der Waals surface area (Å²) in [6.07, 6.45) is 0.777. The molecule has 5 nitrogen and oxygen atoms in total. The van der Waals surface area contributed by atoms with Crippen LogP contribution in [-0.2, 0) is 0 Å². The third-order valence-corrected chi connectivity index (χ3v) is 1.74. The summed E-state index contributed by atoms with van der Waals surface area (Å²) in [7, 11) is 0. The molecule has 0 radical (unpaired) electrons. The normalized spacial score (nSPS) is 12.2. The van der Waals surface area contributed by atoms with Crippen molar-refractivity contribution in [2.24, 2.45) is 0 Å². The lowest BCUT2D eigenvalue weighted by Gasteiger charge is -2.10. The molecule has 0 fully saturated rings. The molecular formula is C10H16N2O3. The number of nitrogens with zero attached hydrogens (tertiary/aromatic N) is 1. The van der Waals surface area contributed by atoms with E-state index in [1.54, 1.807) is 18.3 Å². The Labute approximate surface area is 88.7 Å². The minimum atomic E-state index is -0.847. The summed E-state index contributed by atoms with van der Waals surface area (Å²) in [5.74, 6) is 1.35. The molecule has 0 aliphatic rings. The molecule has 84 valence electrons. The van der Waals surface area contributed by atoms with Crippen molar-refractivity contribution in [3.63, 3.8) is 0 Å². The Bertz CT molecular complexity index is 294. The van der Waals surface area contributed by atoms with Crippen LogP contribution in [-0.4, -0.2) is 41.1 Å². The largest absolute Gasteiger partial charge is 0.491 e. The highest BCUT2D eigenvalue weighted by molar-refractivity contribution is 5.40. The van der Waals surface area contributed by atoms with Gasteiger partial charge in [-0.25, -0.2) is 4.98 Å². The third-order valence-electron chi connectivity index (χ3n) is 1.74. The monoisotopic (exact) mass is 212 g/mol. The van der Waals surface area contributed by atoms with Crippen LogP contribution in [0.5, 0.6) is 5.75 Å². The molecule has 0 saturated heterocycles. The van der Waals surface area contributed by atoms with Crippen molar-refractivity contribution in [3.05, 3.63) is 18.3 Å². The maximum atomic E-state index is 9.09. The molecular weight excluding hydrogens is 196 g/mol. The van der Waals surface area contributed by atoms with Crippen molar-refractivity contribution in [1.82, 2.24) is 4.98 Å². The van der Waals surface area contributed by atoms with Gasteiger partial charge in [0.05, 0.1) is 6.61 Å². The molecule has 1 aromatic heterocycles. The average molecular weight is 212 g/mol. The second-order valence-corrected chi connectivity index (χ2v) is 3.05. The summed E-state index contributed by atoms with van der Waals surface area (Å²) in [5.41, 5.74) is 0. The number of rotatable bonds is 6. The summed E-state index contributed by atoms with van der Waals surface area (Å²) < 4.78 is 5.26. The van der Waals surface area contributed by atoms with Gasteiger partial charge in [-0.2, -0.15) is 0 Å². The molecule has 3 N–H and O–H groups in total. The van der Waals surface area contributed by atoms with E-state index in [2.05, 4.69) is 10.3 Å². The first-order valence-electron chi connectivity index (χ1n) is 4.88. The quantitative estimate of drug-likeness (QED) is 0.630. The summed E-state index contributed by atoms with van der Waals surface area (Å²) in [4.78, 5) is 4.07. The number of anilines is 1. The highest BCUT2D eigenvalue weighted by atomic mass is 16.5. The van der Waals surface area contributed by atoms with Crippen molar-refractivity contribution < 1.29 is 14.9 Å². The molecule has 0 unspecified atom stereocenters. The lowest BCUT2D eigenvalue weighted by Crippen LogP contribution is -2.21. The minimum absolute atomic E-state index is 0.0755. The first kappa shape index (κ1) is 11.7. The molecule has 0 aromatic carbocycles. The Hall–Kier alpha value is -1.33. The van der Waals surface area contributed by atoms with Crippen molar-refractivity contribution in [2.75, 3.05) is 25.1 Å². The zero-order chi connectivity index (χ0) is 11.1. The van der Waals surface area contributed by atoms with Crippen LogP contribution in [0.4, 0.5) is 5.82 Å². The van der Waals surface area contributed by atoms with Gasteiger partial charge in [-0.15, -0.1) is 0 Å². The molecule has 15 heavy (non-hydrogen) atoms. The molecule has 0 aliphatic carbocycles. The van der Waals surface area contributed by atoms with E-state index in [0.29, 0.717) is 5.75 Å². The van der Waals surface area contributed by atoms with Crippen LogP contribution in [0.25, 0.3) is 0 Å². The summed E-state index contributed by atoms with van der Waals surface area (Å²) in [6.45, 7) is 2.54. The van der Waals surface area contributed by atoms with Crippen LogP contribution in [0.2, 0.25) is 0 Å². The standard InChI is InChI=1S/C10H16N2O3/c1-2-11-10-5-9(3-4-12-10)15-7-8(14)6-13/h3-5,8,13-14H,2,6-7H2,1H3,(H,11,12)/t8-/m0/s1. The number of aromatic nitrogens is 1. The number of hydrogen-bond acceptors (Lipinski definition) is 5. The minimum Gasteiger partial charge on any atom is -0.491 e. The van der Waals surface area contributed by atoms with Crippen LogP contribution in [0.1, 0.15) is 6.92 Å². The molecule has 5 heteroatoms. The predicted octanol–water partition coefficient (Wildman–Crippen LogP) is 0.245. The van der Waals surface area contributed by atoms with E-state index in [1.165, 1.54) is 0 Å². The van der Waals surface area contributed by atoms with Gasteiger partial charge in [0.25, 0.3) is 0 Å². The second-order valence-electron chi connectivity index (χ2n) is 3.05. The third kappa shape index (κ3) is 4.14. The van der Waals surface area contributed by atoms with Gasteiger partial charge in [0, 0.05) is 18.8 Å². The lowest BCUT2D eigenvalue weighted by atomic mass is 10.4. The molecule has 1 heterocycles. The van der Waals surface area contributed by atoms with Crippen LogP contribution >= 0.6 is 0 Å². The van der Waals surface area contributed by atoms with Gasteiger partial charge in [0.2, 0.25) is 0 Å². The Morgan fingerprint density at radius 3 is 3.07 bits per heavy atom. The van der Waals surface area contributed by atoms with E-state index < -0.39 is 6.10 Å². The van der Waals surface area contributed by atoms with Crippen molar-refractivity contribution in [3.8, 4) is 5.75 Å². The molecule has 1 atom stereocenters. The average Bonchev–Trinajstić information content (AvgIpc) is 2.27. The molecule has 0 bridgehead atoms. The molecule has 0 amide bonds. The Kier molecular flexibility index (Phi) is 4.86. The zero-order valence-electron chi connectivity index (χ0n) is 8.68. The van der Waals surface area contributed by atoms with Gasteiger partial charge in [0.15, 0.2) is 0 Å². The van der Waals surface area contributed by atoms with Gasteiger partial charge in [0.1, 0.15) is 24.3 Å². The van der Waals surface area contributed by atoms with E-state index in [9.17, 15) is 0 Å². The zero-order valence-corrected chi connectivity index (χ0v) is 8.68.